The first-order valence-electron chi connectivity index (χ1n) is 26.5. The molecular formula is C65H70O17S4. The van der Waals surface area contributed by atoms with Gasteiger partial charge in [-0.25, -0.2) is 0 Å². The minimum atomic E-state index is -4.32. The summed E-state index contributed by atoms with van der Waals surface area (Å²) in [6, 6.07) is 26.9. The molecule has 0 aliphatic rings. The summed E-state index contributed by atoms with van der Waals surface area (Å²) >= 11 is 0. The first kappa shape index (κ1) is 67.3. The van der Waals surface area contributed by atoms with Crippen LogP contribution < -0.4 is 0 Å². The lowest BCUT2D eigenvalue weighted by Gasteiger charge is -2.12. The van der Waals surface area contributed by atoms with Crippen LogP contribution in [0.4, 0.5) is 0 Å². The number of phenols is 5. The molecule has 0 atom stereocenters. The summed E-state index contributed by atoms with van der Waals surface area (Å²) in [5, 5.41) is 56.4. The van der Waals surface area contributed by atoms with Crippen LogP contribution in [0, 0.1) is 104 Å². The Morgan fingerprint density at radius 2 is 0.686 bits per heavy atom. The van der Waals surface area contributed by atoms with Crippen molar-refractivity contribution in [3.8, 4) is 28.7 Å². The molecule has 0 saturated heterocycles. The quantitative estimate of drug-likeness (QED) is 0.0739. The second-order valence-electron chi connectivity index (χ2n) is 21.7. The van der Waals surface area contributed by atoms with Gasteiger partial charge in [0, 0.05) is 37.7 Å². The van der Waals surface area contributed by atoms with Crippen LogP contribution in [-0.2, 0) is 40.5 Å². The largest absolute Gasteiger partial charge is 0.507 e. The second kappa shape index (κ2) is 24.9. The number of fused-ring (bicyclic) bond motifs is 5. The number of rotatable bonds is 4. The molecular weight excluding hydrogens is 1180 g/mol. The maximum Gasteiger partial charge on any atom is 0.295 e. The van der Waals surface area contributed by atoms with Crippen molar-refractivity contribution in [1.82, 2.24) is 0 Å². The van der Waals surface area contributed by atoms with Crippen molar-refractivity contribution in [2.45, 2.75) is 123 Å². The highest BCUT2D eigenvalue weighted by atomic mass is 32.2. The monoisotopic (exact) mass is 1250 g/mol. The van der Waals surface area contributed by atoms with Gasteiger partial charge in [0.05, 0.1) is 9.79 Å². The zero-order valence-electron chi connectivity index (χ0n) is 50.2. The van der Waals surface area contributed by atoms with E-state index in [-0.39, 0.29) is 42.6 Å². The van der Waals surface area contributed by atoms with Gasteiger partial charge in [-0.15, -0.1) is 0 Å². The first-order chi connectivity index (χ1) is 39.5. The average molecular weight is 1250 g/mol. The fraction of sp³-hybridized carbons (Fsp3) is 0.231. The van der Waals surface area contributed by atoms with Crippen LogP contribution in [0.25, 0.3) is 53.9 Å². The molecule has 0 heterocycles. The molecule has 0 aromatic heterocycles. The van der Waals surface area contributed by atoms with Gasteiger partial charge in [-0.2, -0.15) is 33.7 Å². The Morgan fingerprint density at radius 3 is 1.19 bits per heavy atom. The maximum atomic E-state index is 11.4. The fourth-order valence-electron chi connectivity index (χ4n) is 10.1. The van der Waals surface area contributed by atoms with E-state index in [9.17, 15) is 68.3 Å². The molecule has 0 fully saturated rings. The zero-order valence-corrected chi connectivity index (χ0v) is 53.4. The minimum Gasteiger partial charge on any atom is -0.507 e. The lowest BCUT2D eigenvalue weighted by atomic mass is 9.98. The van der Waals surface area contributed by atoms with Crippen LogP contribution in [0.1, 0.15) is 83.5 Å². The highest BCUT2D eigenvalue weighted by Crippen LogP contribution is 2.40. The molecule has 456 valence electrons. The molecule has 0 amide bonds. The zero-order chi connectivity index (χ0) is 64.9. The molecule has 0 saturated carbocycles. The Hall–Kier alpha value is -7.86. The predicted molar refractivity (Wildman–Crippen MR) is 338 cm³/mol. The normalized spacial score (nSPS) is 11.8. The van der Waals surface area contributed by atoms with Gasteiger partial charge in [-0.05, 0) is 246 Å². The molecule has 21 heteroatoms. The summed E-state index contributed by atoms with van der Waals surface area (Å²) in [4.78, 5) is -0.604. The Kier molecular flexibility index (Phi) is 19.4. The SMILES string of the molecule is Cc1cc2c(C)cccc2c(O)c1C.Cc1cc2c(O)c(C)c(C)cc2cc1S(=O)(=O)O.Cc1cc2c(S(=O)(=O)O)c(C)ccc2c(O)c1C.Cc1cc2c(S(=O)(=O)O)ccc(C)c2c(O)c1C.Cc1cc2cc(S(=O)(=O)O)cc(C)c2c(O)c1C. The maximum absolute atomic E-state index is 11.4. The number of benzene rings is 10. The van der Waals surface area contributed by atoms with E-state index in [0.717, 1.165) is 60.8 Å². The number of aromatic hydroxyl groups is 5. The number of hydrogen-bond acceptors (Lipinski definition) is 13. The molecule has 17 nitrogen and oxygen atoms in total. The van der Waals surface area contributed by atoms with Crippen molar-refractivity contribution in [2.24, 2.45) is 0 Å². The summed E-state index contributed by atoms with van der Waals surface area (Å²) < 4.78 is 127. The topological polar surface area (TPSA) is 319 Å². The van der Waals surface area contributed by atoms with Gasteiger partial charge in [-0.3, -0.25) is 18.2 Å². The fourth-order valence-corrected chi connectivity index (χ4v) is 13.1. The van der Waals surface area contributed by atoms with Gasteiger partial charge in [0.2, 0.25) is 0 Å². The van der Waals surface area contributed by atoms with Gasteiger partial charge in [0.25, 0.3) is 40.5 Å². The minimum absolute atomic E-state index is 0.0508. The van der Waals surface area contributed by atoms with Crippen molar-refractivity contribution < 1.29 is 77.4 Å². The summed E-state index contributed by atoms with van der Waals surface area (Å²) in [6.07, 6.45) is 0. The summed E-state index contributed by atoms with van der Waals surface area (Å²) in [6.45, 7) is 27.1. The van der Waals surface area contributed by atoms with Crippen molar-refractivity contribution in [1.29, 1.82) is 0 Å². The van der Waals surface area contributed by atoms with Crippen LogP contribution in [-0.4, -0.2) is 77.4 Å². The van der Waals surface area contributed by atoms with Crippen molar-refractivity contribution in [3.63, 3.8) is 0 Å². The first-order valence-corrected chi connectivity index (χ1v) is 32.3. The van der Waals surface area contributed by atoms with Gasteiger partial charge in [0.1, 0.15) is 38.5 Å². The second-order valence-corrected chi connectivity index (χ2v) is 27.3. The molecule has 0 aliphatic heterocycles. The van der Waals surface area contributed by atoms with E-state index in [1.165, 1.54) is 29.8 Å². The molecule has 0 aliphatic carbocycles. The Balaban J connectivity index is 0.000000172. The number of phenolic OH excluding ortho intramolecular Hbond substituents is 5. The molecule has 0 spiro atoms. The van der Waals surface area contributed by atoms with E-state index < -0.39 is 40.5 Å². The van der Waals surface area contributed by atoms with Crippen LogP contribution in [0.5, 0.6) is 28.7 Å². The van der Waals surface area contributed by atoms with Gasteiger partial charge in [-0.1, -0.05) is 54.6 Å². The lowest BCUT2D eigenvalue weighted by Crippen LogP contribution is -2.02. The van der Waals surface area contributed by atoms with Gasteiger partial charge >= 0.3 is 0 Å². The average Bonchev–Trinajstić information content (AvgIpc) is 1.02. The number of aryl methyl sites for hydroxylation is 10. The van der Waals surface area contributed by atoms with Gasteiger partial charge < -0.3 is 25.5 Å². The molecule has 0 unspecified atom stereocenters. The van der Waals surface area contributed by atoms with E-state index in [1.54, 1.807) is 118 Å². The Labute approximate surface area is 501 Å². The summed E-state index contributed by atoms with van der Waals surface area (Å²) in [7, 11) is -17.1. The smallest absolute Gasteiger partial charge is 0.295 e. The summed E-state index contributed by atoms with van der Waals surface area (Å²) in [5.41, 5.74) is 11.8. The van der Waals surface area contributed by atoms with E-state index in [1.807, 2.05) is 39.8 Å². The van der Waals surface area contributed by atoms with Crippen LogP contribution >= 0.6 is 0 Å². The molecule has 86 heavy (non-hydrogen) atoms. The van der Waals surface area contributed by atoms with Gasteiger partial charge in [0.15, 0.2) is 0 Å². The molecule has 10 aromatic carbocycles. The van der Waals surface area contributed by atoms with Crippen LogP contribution in [0.15, 0.2) is 117 Å². The van der Waals surface area contributed by atoms with E-state index in [0.29, 0.717) is 76.7 Å². The van der Waals surface area contributed by atoms with Crippen molar-refractivity contribution in [3.05, 3.63) is 181 Å². The predicted octanol–water partition coefficient (Wildman–Crippen LogP) is 14.3. The molecule has 10 rings (SSSR count). The van der Waals surface area contributed by atoms with Crippen molar-refractivity contribution in [2.75, 3.05) is 0 Å². The molecule has 0 radical (unpaired) electrons. The standard InChI is InChI=1S/4C13H14O4S.C13H14O/c1-7-4-10-6-12(18(15,16)17)8(2)5-11(10)13(14)9(7)3;1-7-4-10-6-11(18(15,16)17)5-8(2)12(10)13(14)9(7)3;1-7-4-5-11(18(15,16)17)10-6-8(2)9(3)13(14)12(7)10;1-7-4-5-10-11(13(7)18(15,16)17)6-8(2)9(3)12(10)14;1-8-5-4-6-11-12(8)7-9(2)10(3)13(11)14/h4*4-6,14H,1-3H3,(H,15,16,17);4-7,14H,1-3H3. The Bertz CT molecular complexity index is 4910. The highest BCUT2D eigenvalue weighted by molar-refractivity contribution is 7.86. The van der Waals surface area contributed by atoms with Crippen LogP contribution in [0.3, 0.4) is 0 Å². The Morgan fingerprint density at radius 1 is 0.267 bits per heavy atom. The third-order valence-electron chi connectivity index (χ3n) is 15.7. The molecule has 10 aromatic rings. The third-order valence-corrected chi connectivity index (χ3v) is 19.5. The highest BCUT2D eigenvalue weighted by Gasteiger charge is 2.22. The number of hydrogen-bond donors (Lipinski definition) is 9. The van der Waals surface area contributed by atoms with E-state index in [2.05, 4.69) is 19.1 Å². The molecule has 9 N–H and O–H groups in total. The summed E-state index contributed by atoms with van der Waals surface area (Å²) in [5.74, 6) is 0.839. The van der Waals surface area contributed by atoms with Crippen LogP contribution in [0.2, 0.25) is 0 Å². The molecule has 0 bridgehead atoms. The van der Waals surface area contributed by atoms with E-state index in [4.69, 9.17) is 9.11 Å². The van der Waals surface area contributed by atoms with E-state index >= 15 is 0 Å². The van der Waals surface area contributed by atoms with Crippen molar-refractivity contribution >= 4 is 94.3 Å². The third kappa shape index (κ3) is 13.9. The lowest BCUT2D eigenvalue weighted by molar-refractivity contribution is 0.475.